The van der Waals surface area contributed by atoms with Gasteiger partial charge < -0.3 is 4.74 Å². The molecule has 1 aliphatic rings. The van der Waals surface area contributed by atoms with Crippen LogP contribution in [-0.4, -0.2) is 24.0 Å². The van der Waals surface area contributed by atoms with E-state index in [0.29, 0.717) is 11.3 Å². The molecule has 18 heavy (non-hydrogen) atoms. The van der Waals surface area contributed by atoms with E-state index in [-0.39, 0.29) is 10.7 Å². The molecule has 0 spiro atoms. The van der Waals surface area contributed by atoms with E-state index in [0.717, 1.165) is 0 Å². The van der Waals surface area contributed by atoms with E-state index in [9.17, 15) is 9.59 Å². The maximum Gasteiger partial charge on any atom is 0.263 e. The first-order valence-corrected chi connectivity index (χ1v) is 5.54. The van der Waals surface area contributed by atoms with Crippen molar-refractivity contribution in [3.8, 4) is 5.75 Å². The molecular weight excluding hydrogens is 252 g/mol. The minimum atomic E-state index is -0.519. The minimum absolute atomic E-state index is 0.00639. The number of rotatable bonds is 2. The van der Waals surface area contributed by atoms with Gasteiger partial charge in [-0.25, -0.2) is 0 Å². The first-order chi connectivity index (χ1) is 8.61. The Morgan fingerprint density at radius 2 is 1.78 bits per heavy atom. The number of amides is 2. The lowest BCUT2D eigenvalue weighted by atomic mass is 10.1. The maximum absolute atomic E-state index is 11.7. The summed E-state index contributed by atoms with van der Waals surface area (Å²) in [4.78, 5) is 23.3. The largest absolute Gasteiger partial charge is 0.496 e. The molecule has 0 saturated carbocycles. The third-order valence-electron chi connectivity index (χ3n) is 2.38. The second kappa shape index (κ2) is 4.97. The third-order valence-corrected chi connectivity index (χ3v) is 2.59. The fraction of sp³-hybridized carbons (Fsp3) is 0.0833. The Bertz CT molecular complexity index is 544. The molecule has 0 aromatic heterocycles. The smallest absolute Gasteiger partial charge is 0.263 e. The Hall–Kier alpha value is -2.21. The lowest BCUT2D eigenvalue weighted by Gasteiger charge is -2.16. The van der Waals surface area contributed by atoms with Crippen LogP contribution in [0.25, 0.3) is 6.08 Å². The zero-order valence-electron chi connectivity index (χ0n) is 9.52. The van der Waals surface area contributed by atoms with E-state index in [2.05, 4.69) is 10.6 Å². The topological polar surface area (TPSA) is 67.4 Å². The number of nitrogens with one attached hydrogen (secondary N) is 2. The van der Waals surface area contributed by atoms with E-state index in [1.54, 1.807) is 24.3 Å². The molecule has 5 nitrogen and oxygen atoms in total. The summed E-state index contributed by atoms with van der Waals surface area (Å²) in [5.74, 6) is -0.455. The van der Waals surface area contributed by atoms with Gasteiger partial charge >= 0.3 is 0 Å². The van der Waals surface area contributed by atoms with Crippen molar-refractivity contribution < 1.29 is 14.3 Å². The molecule has 0 atom stereocenters. The lowest BCUT2D eigenvalue weighted by Crippen LogP contribution is -2.51. The van der Waals surface area contributed by atoms with Crippen molar-refractivity contribution in [2.75, 3.05) is 7.11 Å². The first-order valence-electron chi connectivity index (χ1n) is 5.13. The van der Waals surface area contributed by atoms with Crippen LogP contribution in [0.3, 0.4) is 0 Å². The van der Waals surface area contributed by atoms with Gasteiger partial charge in [0.1, 0.15) is 11.3 Å². The molecule has 0 bridgehead atoms. The van der Waals surface area contributed by atoms with Crippen LogP contribution in [0, 0.1) is 0 Å². The summed E-state index contributed by atoms with van der Waals surface area (Å²) in [6, 6.07) is 7.09. The Morgan fingerprint density at radius 3 is 2.39 bits per heavy atom. The number of benzene rings is 1. The van der Waals surface area contributed by atoms with Crippen molar-refractivity contribution >= 4 is 35.2 Å². The highest BCUT2D eigenvalue weighted by Gasteiger charge is 2.25. The molecular formula is C12H10N2O3S. The van der Waals surface area contributed by atoms with Crippen molar-refractivity contribution in [3.63, 3.8) is 0 Å². The molecule has 6 heteroatoms. The van der Waals surface area contributed by atoms with Gasteiger partial charge in [-0.05, 0) is 24.4 Å². The van der Waals surface area contributed by atoms with E-state index >= 15 is 0 Å². The quantitative estimate of drug-likeness (QED) is 0.465. The monoisotopic (exact) mass is 262 g/mol. The van der Waals surface area contributed by atoms with E-state index in [1.165, 1.54) is 13.2 Å². The molecule has 0 unspecified atom stereocenters. The number of para-hydroxylation sites is 1. The van der Waals surface area contributed by atoms with Crippen LogP contribution in [0.15, 0.2) is 29.8 Å². The van der Waals surface area contributed by atoms with Gasteiger partial charge in [-0.1, -0.05) is 18.2 Å². The summed E-state index contributed by atoms with van der Waals surface area (Å²) in [7, 11) is 1.52. The van der Waals surface area contributed by atoms with E-state index in [1.807, 2.05) is 0 Å². The predicted octanol–water partition coefficient (Wildman–Crippen LogP) is 0.609. The number of hydrogen-bond acceptors (Lipinski definition) is 4. The van der Waals surface area contributed by atoms with Gasteiger partial charge in [-0.2, -0.15) is 0 Å². The van der Waals surface area contributed by atoms with Crippen molar-refractivity contribution in [1.29, 1.82) is 0 Å². The Kier molecular flexibility index (Phi) is 3.38. The van der Waals surface area contributed by atoms with Crippen molar-refractivity contribution in [2.45, 2.75) is 0 Å². The van der Waals surface area contributed by atoms with Gasteiger partial charge in [0, 0.05) is 5.56 Å². The second-order valence-electron chi connectivity index (χ2n) is 3.54. The number of hydrogen-bond donors (Lipinski definition) is 2. The summed E-state index contributed by atoms with van der Waals surface area (Å²) in [6.07, 6.45) is 1.46. The molecule has 0 aliphatic carbocycles. The molecule has 1 saturated heterocycles. The highest BCUT2D eigenvalue weighted by atomic mass is 32.1. The Labute approximate surface area is 109 Å². The van der Waals surface area contributed by atoms with Gasteiger partial charge in [0.15, 0.2) is 5.11 Å². The standard InChI is InChI=1S/C12H10N2O3S/c1-17-9-5-3-2-4-7(9)6-8-10(15)13-12(18)14-11(8)16/h2-6H,1H3,(H2,13,14,15,16,18). The SMILES string of the molecule is COc1ccccc1C=C1C(=O)NC(=S)NC1=O. The van der Waals surface area contributed by atoms with Crippen LogP contribution in [0.1, 0.15) is 5.56 Å². The first kappa shape index (κ1) is 12.3. The third kappa shape index (κ3) is 2.38. The fourth-order valence-electron chi connectivity index (χ4n) is 1.55. The molecule has 1 aromatic carbocycles. The normalized spacial score (nSPS) is 14.9. The van der Waals surface area contributed by atoms with Crippen molar-refractivity contribution in [3.05, 3.63) is 35.4 Å². The molecule has 1 heterocycles. The Morgan fingerprint density at radius 1 is 1.17 bits per heavy atom. The molecule has 1 aliphatic heterocycles. The molecule has 2 rings (SSSR count). The van der Waals surface area contributed by atoms with Gasteiger partial charge in [-0.3, -0.25) is 20.2 Å². The van der Waals surface area contributed by atoms with Crippen LogP contribution in [-0.2, 0) is 9.59 Å². The molecule has 2 amide bonds. The summed E-state index contributed by atoms with van der Waals surface area (Å²) in [5, 5.41) is 4.75. The number of thiocarbonyl (C=S) groups is 1. The predicted molar refractivity (Wildman–Crippen MR) is 69.9 cm³/mol. The van der Waals surface area contributed by atoms with Crippen LogP contribution < -0.4 is 15.4 Å². The fourth-order valence-corrected chi connectivity index (χ4v) is 1.73. The average Bonchev–Trinajstić information content (AvgIpc) is 2.34. The number of carbonyl (C=O) groups is 2. The maximum atomic E-state index is 11.7. The van der Waals surface area contributed by atoms with E-state index in [4.69, 9.17) is 17.0 Å². The van der Waals surface area contributed by atoms with Crippen LogP contribution in [0.4, 0.5) is 0 Å². The van der Waals surface area contributed by atoms with Gasteiger partial charge in [0.25, 0.3) is 11.8 Å². The second-order valence-corrected chi connectivity index (χ2v) is 3.95. The van der Waals surface area contributed by atoms with Crippen LogP contribution >= 0.6 is 12.2 Å². The van der Waals surface area contributed by atoms with Crippen LogP contribution in [0.2, 0.25) is 0 Å². The molecule has 0 radical (unpaired) electrons. The van der Waals surface area contributed by atoms with Gasteiger partial charge in [-0.15, -0.1) is 0 Å². The number of carbonyl (C=O) groups excluding carboxylic acids is 2. The molecule has 1 aromatic rings. The van der Waals surface area contributed by atoms with Crippen molar-refractivity contribution in [1.82, 2.24) is 10.6 Å². The summed E-state index contributed by atoms with van der Waals surface area (Å²) in [6.45, 7) is 0. The molecule has 2 N–H and O–H groups in total. The van der Waals surface area contributed by atoms with E-state index < -0.39 is 11.8 Å². The zero-order valence-corrected chi connectivity index (χ0v) is 10.3. The summed E-state index contributed by atoms with van der Waals surface area (Å²) >= 11 is 4.71. The Balaban J connectivity index is 2.40. The number of ether oxygens (including phenoxy) is 1. The average molecular weight is 262 g/mol. The summed E-state index contributed by atoms with van der Waals surface area (Å²) < 4.78 is 5.14. The van der Waals surface area contributed by atoms with Gasteiger partial charge in [0.05, 0.1) is 7.11 Å². The minimum Gasteiger partial charge on any atom is -0.496 e. The van der Waals surface area contributed by atoms with Crippen molar-refractivity contribution in [2.24, 2.45) is 0 Å². The highest BCUT2D eigenvalue weighted by molar-refractivity contribution is 7.80. The molecule has 1 fully saturated rings. The number of methoxy groups -OCH3 is 1. The zero-order chi connectivity index (χ0) is 13.1. The van der Waals surface area contributed by atoms with Gasteiger partial charge in [0.2, 0.25) is 0 Å². The van der Waals surface area contributed by atoms with Crippen LogP contribution in [0.5, 0.6) is 5.75 Å². The summed E-state index contributed by atoms with van der Waals surface area (Å²) in [5.41, 5.74) is 0.640. The highest BCUT2D eigenvalue weighted by Crippen LogP contribution is 2.20. The molecule has 92 valence electrons. The lowest BCUT2D eigenvalue weighted by molar-refractivity contribution is -0.123.